The zero-order valence-corrected chi connectivity index (χ0v) is 17.4. The number of thiophene rings is 1. The van der Waals surface area contributed by atoms with Crippen LogP contribution < -0.4 is 10.7 Å². The molecule has 6 nitrogen and oxygen atoms in total. The summed E-state index contributed by atoms with van der Waals surface area (Å²) in [4.78, 5) is 25.1. The summed E-state index contributed by atoms with van der Waals surface area (Å²) in [6.07, 6.45) is 1.44. The van der Waals surface area contributed by atoms with E-state index < -0.39 is 0 Å². The molecule has 150 valence electrons. The highest BCUT2D eigenvalue weighted by Crippen LogP contribution is 2.34. The lowest BCUT2D eigenvalue weighted by molar-refractivity contribution is 0.0957. The Morgan fingerprint density at radius 1 is 1.03 bits per heavy atom. The van der Waals surface area contributed by atoms with Crippen LogP contribution in [0.1, 0.15) is 32.7 Å². The lowest BCUT2D eigenvalue weighted by Gasteiger charge is -2.07. The van der Waals surface area contributed by atoms with E-state index in [1.807, 2.05) is 30.3 Å². The molecule has 0 fully saturated rings. The predicted octanol–water partition coefficient (Wildman–Crippen LogP) is 5.55. The Morgan fingerprint density at radius 2 is 1.87 bits per heavy atom. The van der Waals surface area contributed by atoms with Gasteiger partial charge in [-0.05, 0) is 42.8 Å². The van der Waals surface area contributed by atoms with Gasteiger partial charge in [-0.3, -0.25) is 9.59 Å². The minimum absolute atomic E-state index is 0.221. The molecule has 0 saturated heterocycles. The molecular formula is C22H16ClN3O3S. The molecule has 0 radical (unpaired) electrons. The molecule has 2 amide bonds. The van der Waals surface area contributed by atoms with Crippen molar-refractivity contribution >= 4 is 56.2 Å². The number of carbonyl (C=O) groups excluding carboxylic acids is 2. The number of furan rings is 1. The van der Waals surface area contributed by atoms with Gasteiger partial charge in [0.2, 0.25) is 0 Å². The minimum atomic E-state index is -0.372. The van der Waals surface area contributed by atoms with E-state index in [2.05, 4.69) is 15.8 Å². The smallest absolute Gasteiger partial charge is 0.291 e. The van der Waals surface area contributed by atoms with Crippen LogP contribution >= 0.6 is 22.9 Å². The summed E-state index contributed by atoms with van der Waals surface area (Å²) in [6.45, 7) is 1.76. The molecule has 2 heterocycles. The first-order chi connectivity index (χ1) is 14.5. The second-order valence-corrected chi connectivity index (χ2v) is 7.82. The number of rotatable bonds is 5. The third kappa shape index (κ3) is 4.12. The van der Waals surface area contributed by atoms with E-state index in [-0.39, 0.29) is 17.6 Å². The van der Waals surface area contributed by atoms with Gasteiger partial charge in [0, 0.05) is 15.8 Å². The molecule has 2 N–H and O–H groups in total. The standard InChI is InChI=1S/C22H16ClN3O3S/c1-13(14-6-4-7-15(12-14)24-21(27)17-9-5-11-29-17)25-26-22(28)20-19(23)16-8-2-3-10-18(16)30-20/h2-12H,1H3,(H,24,27)(H,26,28). The summed E-state index contributed by atoms with van der Waals surface area (Å²) in [6, 6.07) is 17.9. The molecule has 30 heavy (non-hydrogen) atoms. The van der Waals surface area contributed by atoms with Gasteiger partial charge in [0.1, 0.15) is 4.88 Å². The predicted molar refractivity (Wildman–Crippen MR) is 120 cm³/mol. The second-order valence-electron chi connectivity index (χ2n) is 6.39. The average molecular weight is 438 g/mol. The number of fused-ring (bicyclic) bond motifs is 1. The van der Waals surface area contributed by atoms with Crippen LogP contribution in [0.2, 0.25) is 5.02 Å². The molecule has 0 atom stereocenters. The number of nitrogens with one attached hydrogen (secondary N) is 2. The first-order valence-corrected chi connectivity index (χ1v) is 10.2. The highest BCUT2D eigenvalue weighted by molar-refractivity contribution is 7.21. The number of hydrogen-bond acceptors (Lipinski definition) is 5. The maximum atomic E-state index is 12.6. The topological polar surface area (TPSA) is 83.7 Å². The summed E-state index contributed by atoms with van der Waals surface area (Å²) in [5, 5.41) is 8.21. The van der Waals surface area contributed by atoms with Crippen molar-refractivity contribution in [1.29, 1.82) is 0 Å². The lowest BCUT2D eigenvalue weighted by atomic mass is 10.1. The molecule has 4 rings (SSSR count). The summed E-state index contributed by atoms with van der Waals surface area (Å²) < 4.78 is 6.03. The molecule has 2 aromatic heterocycles. The molecule has 2 aromatic carbocycles. The fourth-order valence-electron chi connectivity index (χ4n) is 2.83. The van der Waals surface area contributed by atoms with E-state index in [0.717, 1.165) is 15.6 Å². The largest absolute Gasteiger partial charge is 0.459 e. The summed E-state index contributed by atoms with van der Waals surface area (Å²) in [7, 11) is 0. The minimum Gasteiger partial charge on any atom is -0.459 e. The molecule has 0 aliphatic carbocycles. The van der Waals surface area contributed by atoms with E-state index in [9.17, 15) is 9.59 Å². The maximum Gasteiger partial charge on any atom is 0.291 e. The van der Waals surface area contributed by atoms with Crippen molar-refractivity contribution in [1.82, 2.24) is 5.43 Å². The number of benzene rings is 2. The van der Waals surface area contributed by atoms with Crippen LogP contribution in [0.5, 0.6) is 0 Å². The van der Waals surface area contributed by atoms with Gasteiger partial charge in [0.25, 0.3) is 11.8 Å². The molecule has 0 aliphatic rings. The van der Waals surface area contributed by atoms with Crippen molar-refractivity contribution in [3.05, 3.63) is 88.2 Å². The Balaban J connectivity index is 1.48. The zero-order valence-electron chi connectivity index (χ0n) is 15.8. The van der Waals surface area contributed by atoms with Crippen molar-refractivity contribution in [2.75, 3.05) is 5.32 Å². The van der Waals surface area contributed by atoms with Gasteiger partial charge < -0.3 is 9.73 Å². The van der Waals surface area contributed by atoms with Crippen LogP contribution in [0.25, 0.3) is 10.1 Å². The van der Waals surface area contributed by atoms with Gasteiger partial charge in [-0.15, -0.1) is 11.3 Å². The number of halogens is 1. The van der Waals surface area contributed by atoms with Crippen molar-refractivity contribution in [2.45, 2.75) is 6.92 Å². The Kier molecular flexibility index (Phi) is 5.65. The highest BCUT2D eigenvalue weighted by Gasteiger charge is 2.16. The third-order valence-electron chi connectivity index (χ3n) is 4.35. The Morgan fingerprint density at radius 3 is 2.63 bits per heavy atom. The van der Waals surface area contributed by atoms with Crippen LogP contribution in [-0.4, -0.2) is 17.5 Å². The molecule has 0 aliphatic heterocycles. The van der Waals surface area contributed by atoms with E-state index in [1.54, 1.807) is 37.3 Å². The molecule has 0 saturated carbocycles. The number of amides is 2. The number of nitrogens with zero attached hydrogens (tertiary/aromatic N) is 1. The molecule has 0 unspecified atom stereocenters. The highest BCUT2D eigenvalue weighted by atomic mass is 35.5. The lowest BCUT2D eigenvalue weighted by Crippen LogP contribution is -2.18. The van der Waals surface area contributed by atoms with Crippen molar-refractivity contribution in [2.24, 2.45) is 5.10 Å². The van der Waals surface area contributed by atoms with Crippen molar-refractivity contribution in [3.8, 4) is 0 Å². The molecule has 0 spiro atoms. The van der Waals surface area contributed by atoms with E-state index in [0.29, 0.717) is 21.3 Å². The fourth-order valence-corrected chi connectivity index (χ4v) is 4.24. The molecule has 4 aromatic rings. The van der Waals surface area contributed by atoms with E-state index in [4.69, 9.17) is 16.0 Å². The van der Waals surface area contributed by atoms with Gasteiger partial charge in [-0.25, -0.2) is 5.43 Å². The number of hydrogen-bond donors (Lipinski definition) is 2. The SMILES string of the molecule is CC(=NNC(=O)c1sc2ccccc2c1Cl)c1cccc(NC(=O)c2ccco2)c1. The molecule has 0 bridgehead atoms. The average Bonchev–Trinajstić information content (AvgIpc) is 3.41. The second kappa shape index (κ2) is 8.52. The Bertz CT molecular complexity index is 1260. The van der Waals surface area contributed by atoms with Gasteiger partial charge >= 0.3 is 0 Å². The third-order valence-corrected chi connectivity index (χ3v) is 6.02. The van der Waals surface area contributed by atoms with Crippen LogP contribution in [0.4, 0.5) is 5.69 Å². The first-order valence-electron chi connectivity index (χ1n) is 9.00. The zero-order chi connectivity index (χ0) is 21.1. The van der Waals surface area contributed by atoms with Crippen LogP contribution in [0.15, 0.2) is 76.4 Å². The van der Waals surface area contributed by atoms with Gasteiger partial charge in [0.15, 0.2) is 5.76 Å². The van der Waals surface area contributed by atoms with Gasteiger partial charge in [-0.2, -0.15) is 5.10 Å². The fraction of sp³-hybridized carbons (Fsp3) is 0.0455. The first kappa shape index (κ1) is 19.9. The van der Waals surface area contributed by atoms with Crippen LogP contribution in [0.3, 0.4) is 0 Å². The van der Waals surface area contributed by atoms with Gasteiger partial charge in [-0.1, -0.05) is 41.9 Å². The molecule has 8 heteroatoms. The van der Waals surface area contributed by atoms with Crippen molar-refractivity contribution < 1.29 is 14.0 Å². The number of anilines is 1. The maximum absolute atomic E-state index is 12.6. The van der Waals surface area contributed by atoms with E-state index >= 15 is 0 Å². The normalized spacial score (nSPS) is 11.5. The van der Waals surface area contributed by atoms with E-state index in [1.165, 1.54) is 17.6 Å². The quantitative estimate of drug-likeness (QED) is 0.317. The van der Waals surface area contributed by atoms with Crippen molar-refractivity contribution in [3.63, 3.8) is 0 Å². The summed E-state index contributed by atoms with van der Waals surface area (Å²) >= 11 is 7.67. The monoisotopic (exact) mass is 437 g/mol. The number of carbonyl (C=O) groups is 2. The number of hydrazone groups is 1. The summed E-state index contributed by atoms with van der Waals surface area (Å²) in [5.74, 6) is -0.499. The molecular weight excluding hydrogens is 422 g/mol. The van der Waals surface area contributed by atoms with Crippen LogP contribution in [-0.2, 0) is 0 Å². The summed E-state index contributed by atoms with van der Waals surface area (Å²) in [5.41, 5.74) is 4.46. The Hall–Kier alpha value is -3.42. The van der Waals surface area contributed by atoms with Crippen LogP contribution in [0, 0.1) is 0 Å². The Labute approximate surface area is 181 Å². The van der Waals surface area contributed by atoms with Gasteiger partial charge in [0.05, 0.1) is 17.0 Å².